The minimum Gasteiger partial charge on any atom is -0.479 e. The fourth-order valence-electron chi connectivity index (χ4n) is 4.01. The number of carboxylic acids is 1. The molecule has 0 aromatic carbocycles. The maximum atomic E-state index is 12.3. The average Bonchev–Trinajstić information content (AvgIpc) is 3.01. The lowest BCUT2D eigenvalue weighted by Gasteiger charge is -2.32. The van der Waals surface area contributed by atoms with Gasteiger partial charge in [-0.25, -0.2) is 4.79 Å². The highest BCUT2D eigenvalue weighted by Gasteiger charge is 2.41. The van der Waals surface area contributed by atoms with E-state index in [0.29, 0.717) is 25.5 Å². The summed E-state index contributed by atoms with van der Waals surface area (Å²) in [4.78, 5) is 24.9. The number of carboxylic acid groups (broad SMARTS) is 1. The molecule has 4 atom stereocenters. The second kappa shape index (κ2) is 5.12. The van der Waals surface area contributed by atoms with Gasteiger partial charge in [0, 0.05) is 13.0 Å². The van der Waals surface area contributed by atoms with Gasteiger partial charge in [-0.05, 0) is 37.0 Å². The number of ether oxygens (including phenoxy) is 1. The van der Waals surface area contributed by atoms with Gasteiger partial charge in [0.15, 0.2) is 6.10 Å². The van der Waals surface area contributed by atoms with Gasteiger partial charge in [0.1, 0.15) is 0 Å². The highest BCUT2D eigenvalue weighted by atomic mass is 16.5. The molecule has 5 nitrogen and oxygen atoms in total. The van der Waals surface area contributed by atoms with Crippen LogP contribution in [0.5, 0.6) is 0 Å². The SMILES string of the molecule is O=C(O)C1CN(C(=O)CC2CC3CCC2C3)CCO1. The van der Waals surface area contributed by atoms with Crippen LogP contribution in [0.2, 0.25) is 0 Å². The summed E-state index contributed by atoms with van der Waals surface area (Å²) in [6.07, 6.45) is 4.88. The number of rotatable bonds is 3. The summed E-state index contributed by atoms with van der Waals surface area (Å²) in [6.45, 7) is 1.07. The van der Waals surface area contributed by atoms with Crippen LogP contribution in [0.4, 0.5) is 0 Å². The van der Waals surface area contributed by atoms with E-state index in [4.69, 9.17) is 9.84 Å². The second-order valence-electron chi connectivity index (χ2n) is 6.18. The maximum absolute atomic E-state index is 12.3. The van der Waals surface area contributed by atoms with E-state index in [2.05, 4.69) is 0 Å². The van der Waals surface area contributed by atoms with E-state index in [1.165, 1.54) is 25.7 Å². The zero-order chi connectivity index (χ0) is 13.4. The Hall–Kier alpha value is -1.10. The van der Waals surface area contributed by atoms with Gasteiger partial charge >= 0.3 is 5.97 Å². The molecule has 1 N–H and O–H groups in total. The van der Waals surface area contributed by atoms with E-state index in [0.717, 1.165) is 11.8 Å². The van der Waals surface area contributed by atoms with Crippen molar-refractivity contribution >= 4 is 11.9 Å². The Bertz CT molecular complexity index is 384. The normalized spacial score (nSPS) is 37.6. The van der Waals surface area contributed by atoms with E-state index in [-0.39, 0.29) is 12.5 Å². The Labute approximate surface area is 112 Å². The first-order valence-electron chi connectivity index (χ1n) is 7.25. The van der Waals surface area contributed by atoms with Gasteiger partial charge in [-0.2, -0.15) is 0 Å². The van der Waals surface area contributed by atoms with Crippen LogP contribution in [-0.2, 0) is 14.3 Å². The molecular formula is C14H21NO4. The molecule has 1 aliphatic heterocycles. The second-order valence-corrected chi connectivity index (χ2v) is 6.18. The van der Waals surface area contributed by atoms with Crippen molar-refractivity contribution in [1.82, 2.24) is 4.90 Å². The van der Waals surface area contributed by atoms with Crippen molar-refractivity contribution in [3.05, 3.63) is 0 Å². The van der Waals surface area contributed by atoms with Crippen molar-refractivity contribution in [2.75, 3.05) is 19.7 Å². The largest absolute Gasteiger partial charge is 0.479 e. The summed E-state index contributed by atoms with van der Waals surface area (Å²) in [5.74, 6) is 1.27. The number of fused-ring (bicyclic) bond motifs is 2. The van der Waals surface area contributed by atoms with E-state index in [9.17, 15) is 9.59 Å². The Balaban J connectivity index is 1.54. The molecular weight excluding hydrogens is 246 g/mol. The lowest BCUT2D eigenvalue weighted by atomic mass is 9.86. The number of aliphatic carboxylic acids is 1. The van der Waals surface area contributed by atoms with Gasteiger partial charge < -0.3 is 14.7 Å². The highest BCUT2D eigenvalue weighted by Crippen LogP contribution is 2.49. The first-order chi connectivity index (χ1) is 9.13. The first kappa shape index (κ1) is 12.9. The van der Waals surface area contributed by atoms with Crippen molar-refractivity contribution in [1.29, 1.82) is 0 Å². The molecule has 2 bridgehead atoms. The van der Waals surface area contributed by atoms with E-state index in [1.54, 1.807) is 4.90 Å². The van der Waals surface area contributed by atoms with Crippen molar-refractivity contribution < 1.29 is 19.4 Å². The molecule has 106 valence electrons. The first-order valence-corrected chi connectivity index (χ1v) is 7.25. The molecule has 4 unspecified atom stereocenters. The van der Waals surface area contributed by atoms with Gasteiger partial charge in [-0.1, -0.05) is 6.42 Å². The molecule has 3 aliphatic rings. The Kier molecular flexibility index (Phi) is 3.48. The minimum atomic E-state index is -0.975. The lowest BCUT2D eigenvalue weighted by Crippen LogP contribution is -2.49. The number of morpholine rings is 1. The fraction of sp³-hybridized carbons (Fsp3) is 0.857. The quantitative estimate of drug-likeness (QED) is 0.832. The zero-order valence-electron chi connectivity index (χ0n) is 11.1. The van der Waals surface area contributed by atoms with Crippen LogP contribution in [0.1, 0.15) is 32.1 Å². The predicted octanol–water partition coefficient (Wildman–Crippen LogP) is 1.12. The number of carbonyl (C=O) groups excluding carboxylic acids is 1. The smallest absolute Gasteiger partial charge is 0.334 e. The van der Waals surface area contributed by atoms with E-state index in [1.807, 2.05) is 0 Å². The van der Waals surface area contributed by atoms with Crippen LogP contribution in [0.15, 0.2) is 0 Å². The summed E-state index contributed by atoms with van der Waals surface area (Å²) in [7, 11) is 0. The molecule has 0 aromatic rings. The highest BCUT2D eigenvalue weighted by molar-refractivity contribution is 5.79. The van der Waals surface area contributed by atoms with E-state index < -0.39 is 12.1 Å². The summed E-state index contributed by atoms with van der Waals surface area (Å²) in [5.41, 5.74) is 0. The average molecular weight is 267 g/mol. The summed E-state index contributed by atoms with van der Waals surface area (Å²) in [5, 5.41) is 8.94. The Morgan fingerprint density at radius 2 is 2.11 bits per heavy atom. The Morgan fingerprint density at radius 1 is 1.26 bits per heavy atom. The number of hydrogen-bond acceptors (Lipinski definition) is 3. The van der Waals surface area contributed by atoms with Crippen molar-refractivity contribution in [2.24, 2.45) is 17.8 Å². The number of carbonyl (C=O) groups is 2. The third kappa shape index (κ3) is 2.61. The predicted molar refractivity (Wildman–Crippen MR) is 67.5 cm³/mol. The molecule has 2 aliphatic carbocycles. The van der Waals surface area contributed by atoms with Crippen LogP contribution in [0, 0.1) is 17.8 Å². The monoisotopic (exact) mass is 267 g/mol. The van der Waals surface area contributed by atoms with Crippen molar-refractivity contribution in [2.45, 2.75) is 38.2 Å². The van der Waals surface area contributed by atoms with Gasteiger partial charge in [0.25, 0.3) is 0 Å². The molecule has 5 heteroatoms. The fourth-order valence-corrected chi connectivity index (χ4v) is 4.01. The van der Waals surface area contributed by atoms with Crippen molar-refractivity contribution in [3.8, 4) is 0 Å². The molecule has 3 fully saturated rings. The van der Waals surface area contributed by atoms with Gasteiger partial charge in [0.05, 0.1) is 13.2 Å². The molecule has 0 aromatic heterocycles. The molecule has 0 spiro atoms. The number of hydrogen-bond donors (Lipinski definition) is 1. The van der Waals surface area contributed by atoms with Crippen LogP contribution >= 0.6 is 0 Å². The summed E-state index contributed by atoms with van der Waals surface area (Å²) >= 11 is 0. The summed E-state index contributed by atoms with van der Waals surface area (Å²) < 4.78 is 5.15. The minimum absolute atomic E-state index is 0.118. The summed E-state index contributed by atoms with van der Waals surface area (Å²) in [6, 6.07) is 0. The zero-order valence-corrected chi connectivity index (χ0v) is 11.1. The van der Waals surface area contributed by atoms with Crippen LogP contribution < -0.4 is 0 Å². The molecule has 3 rings (SSSR count). The molecule has 19 heavy (non-hydrogen) atoms. The number of amides is 1. The van der Waals surface area contributed by atoms with Gasteiger partial charge in [-0.15, -0.1) is 0 Å². The van der Waals surface area contributed by atoms with Crippen LogP contribution in [-0.4, -0.2) is 47.7 Å². The molecule has 1 heterocycles. The molecule has 2 saturated carbocycles. The van der Waals surface area contributed by atoms with Crippen LogP contribution in [0.25, 0.3) is 0 Å². The van der Waals surface area contributed by atoms with E-state index >= 15 is 0 Å². The molecule has 0 radical (unpaired) electrons. The molecule has 1 amide bonds. The Morgan fingerprint density at radius 3 is 2.74 bits per heavy atom. The van der Waals surface area contributed by atoms with Crippen molar-refractivity contribution in [3.63, 3.8) is 0 Å². The maximum Gasteiger partial charge on any atom is 0.334 e. The van der Waals surface area contributed by atoms with Gasteiger partial charge in [-0.3, -0.25) is 4.79 Å². The topological polar surface area (TPSA) is 66.8 Å². The third-order valence-corrected chi connectivity index (χ3v) is 5.02. The lowest BCUT2D eigenvalue weighted by molar-refractivity contribution is -0.159. The van der Waals surface area contributed by atoms with Crippen LogP contribution in [0.3, 0.4) is 0 Å². The number of nitrogens with zero attached hydrogens (tertiary/aromatic N) is 1. The third-order valence-electron chi connectivity index (χ3n) is 5.02. The molecule has 1 saturated heterocycles. The van der Waals surface area contributed by atoms with Gasteiger partial charge in [0.2, 0.25) is 5.91 Å². The standard InChI is InChI=1S/C14H21NO4/c16-13(7-11-6-9-1-2-10(11)5-9)15-3-4-19-12(8-15)14(17)18/h9-12H,1-8H2,(H,17,18).